The first kappa shape index (κ1) is 16.3. The molecule has 2 rings (SSSR count). The lowest BCUT2D eigenvalue weighted by Crippen LogP contribution is -2.27. The molecular weight excluding hydrogens is 321 g/mol. The molecular formula is C13H12ClF3N4O. The van der Waals surface area contributed by atoms with Gasteiger partial charge in [0.1, 0.15) is 12.2 Å². The van der Waals surface area contributed by atoms with Gasteiger partial charge in [0, 0.05) is 23.7 Å². The van der Waals surface area contributed by atoms with Gasteiger partial charge in [0.05, 0.1) is 5.56 Å². The van der Waals surface area contributed by atoms with E-state index in [9.17, 15) is 18.0 Å². The Balaban J connectivity index is 2.03. The highest BCUT2D eigenvalue weighted by molar-refractivity contribution is 6.31. The predicted molar refractivity (Wildman–Crippen MR) is 73.5 cm³/mol. The van der Waals surface area contributed by atoms with Crippen LogP contribution in [0.1, 0.15) is 21.7 Å². The van der Waals surface area contributed by atoms with Crippen LogP contribution in [0.3, 0.4) is 0 Å². The van der Waals surface area contributed by atoms with Gasteiger partial charge in [-0.2, -0.15) is 13.2 Å². The number of aryl methyl sites for hydroxylation is 1. The average molecular weight is 333 g/mol. The molecule has 0 aliphatic heterocycles. The number of nitrogens with zero attached hydrogens (tertiary/aromatic N) is 3. The second-order valence-electron chi connectivity index (χ2n) is 4.55. The Morgan fingerprint density at radius 2 is 2.09 bits per heavy atom. The van der Waals surface area contributed by atoms with Crippen molar-refractivity contribution in [1.82, 2.24) is 20.1 Å². The molecule has 9 heteroatoms. The Kier molecular flexibility index (Phi) is 4.70. The van der Waals surface area contributed by atoms with Crippen LogP contribution in [0.4, 0.5) is 13.2 Å². The van der Waals surface area contributed by atoms with Crippen LogP contribution in [0.2, 0.25) is 5.02 Å². The van der Waals surface area contributed by atoms with Crippen molar-refractivity contribution in [2.24, 2.45) is 0 Å². The van der Waals surface area contributed by atoms with Crippen molar-refractivity contribution in [3.63, 3.8) is 0 Å². The monoisotopic (exact) mass is 332 g/mol. The molecule has 1 aromatic carbocycles. The number of carbonyl (C=O) groups excluding carboxylic acids is 1. The van der Waals surface area contributed by atoms with E-state index in [0.29, 0.717) is 12.4 Å². The van der Waals surface area contributed by atoms with Crippen LogP contribution in [-0.2, 0) is 12.7 Å². The fourth-order valence-corrected chi connectivity index (χ4v) is 2.04. The van der Waals surface area contributed by atoms with E-state index in [1.54, 1.807) is 11.5 Å². The van der Waals surface area contributed by atoms with Gasteiger partial charge in [-0.15, -0.1) is 10.2 Å². The molecule has 0 aliphatic carbocycles. The number of aromatic nitrogens is 3. The molecule has 5 nitrogen and oxygen atoms in total. The summed E-state index contributed by atoms with van der Waals surface area (Å²) in [4.78, 5) is 11.9. The van der Waals surface area contributed by atoms with Gasteiger partial charge in [-0.1, -0.05) is 11.6 Å². The summed E-state index contributed by atoms with van der Waals surface area (Å²) in [7, 11) is 0. The number of nitrogens with one attached hydrogen (secondary N) is 1. The minimum absolute atomic E-state index is 0.139. The molecule has 0 aliphatic rings. The standard InChI is InChI=1S/C13H12ClF3N4O/c1-8-20-19-7-21(8)3-2-18-12(22)9-4-10(13(15,16)17)6-11(14)5-9/h4-7H,2-3H2,1H3,(H,18,22). The first-order valence-electron chi connectivity index (χ1n) is 6.28. The van der Waals surface area contributed by atoms with E-state index in [4.69, 9.17) is 11.6 Å². The highest BCUT2D eigenvalue weighted by Crippen LogP contribution is 2.31. The number of halogens is 4. The summed E-state index contributed by atoms with van der Waals surface area (Å²) in [5.41, 5.74) is -1.10. The number of carbonyl (C=O) groups is 1. The van der Waals surface area contributed by atoms with Crippen LogP contribution in [-0.4, -0.2) is 27.2 Å². The summed E-state index contributed by atoms with van der Waals surface area (Å²) in [6.07, 6.45) is -3.05. The highest BCUT2D eigenvalue weighted by Gasteiger charge is 2.31. The highest BCUT2D eigenvalue weighted by atomic mass is 35.5. The molecule has 0 bridgehead atoms. The molecule has 2 aromatic rings. The molecule has 1 amide bonds. The molecule has 1 N–H and O–H groups in total. The molecule has 1 aromatic heterocycles. The van der Waals surface area contributed by atoms with E-state index in [1.165, 1.54) is 12.4 Å². The SMILES string of the molecule is Cc1nncn1CCNC(=O)c1cc(Cl)cc(C(F)(F)F)c1. The van der Waals surface area contributed by atoms with Gasteiger partial charge in [0.2, 0.25) is 0 Å². The molecule has 0 fully saturated rings. The van der Waals surface area contributed by atoms with Crippen molar-refractivity contribution in [2.75, 3.05) is 6.54 Å². The quantitative estimate of drug-likeness (QED) is 0.936. The zero-order valence-corrected chi connectivity index (χ0v) is 12.2. The van der Waals surface area contributed by atoms with Crippen molar-refractivity contribution >= 4 is 17.5 Å². The Bertz CT molecular complexity index is 684. The van der Waals surface area contributed by atoms with Crippen LogP contribution in [0.5, 0.6) is 0 Å². The molecule has 118 valence electrons. The molecule has 22 heavy (non-hydrogen) atoms. The summed E-state index contributed by atoms with van der Waals surface area (Å²) in [5, 5.41) is 9.85. The molecule has 0 saturated carbocycles. The topological polar surface area (TPSA) is 59.8 Å². The third-order valence-corrected chi connectivity index (χ3v) is 3.15. The molecule has 1 heterocycles. The van der Waals surface area contributed by atoms with Crippen molar-refractivity contribution in [3.8, 4) is 0 Å². The van der Waals surface area contributed by atoms with Crippen LogP contribution in [0, 0.1) is 6.92 Å². The molecule has 0 radical (unpaired) electrons. The van der Waals surface area contributed by atoms with Crippen molar-refractivity contribution in [2.45, 2.75) is 19.6 Å². The average Bonchev–Trinajstić information content (AvgIpc) is 2.82. The molecule has 0 saturated heterocycles. The second-order valence-corrected chi connectivity index (χ2v) is 4.99. The van der Waals surface area contributed by atoms with Gasteiger partial charge < -0.3 is 9.88 Å². The minimum Gasteiger partial charge on any atom is -0.350 e. The normalized spacial score (nSPS) is 11.5. The van der Waals surface area contributed by atoms with Gasteiger partial charge in [0.25, 0.3) is 5.91 Å². The van der Waals surface area contributed by atoms with Crippen molar-refractivity contribution < 1.29 is 18.0 Å². The Hall–Kier alpha value is -2.09. The fraction of sp³-hybridized carbons (Fsp3) is 0.308. The Morgan fingerprint density at radius 1 is 1.36 bits per heavy atom. The maximum absolute atomic E-state index is 12.7. The van der Waals surface area contributed by atoms with E-state index >= 15 is 0 Å². The van der Waals surface area contributed by atoms with Crippen LogP contribution in [0.15, 0.2) is 24.5 Å². The van der Waals surface area contributed by atoms with Crippen molar-refractivity contribution in [1.29, 1.82) is 0 Å². The van der Waals surface area contributed by atoms with E-state index in [0.717, 1.165) is 12.1 Å². The molecule has 0 unspecified atom stereocenters. The first-order chi connectivity index (χ1) is 10.3. The summed E-state index contributed by atoms with van der Waals surface area (Å²) in [5.74, 6) is 0.0510. The van der Waals surface area contributed by atoms with Gasteiger partial charge in [0.15, 0.2) is 0 Å². The Morgan fingerprint density at radius 3 is 2.68 bits per heavy atom. The lowest BCUT2D eigenvalue weighted by Gasteiger charge is -2.10. The number of amides is 1. The van der Waals surface area contributed by atoms with Gasteiger partial charge >= 0.3 is 6.18 Å². The van der Waals surface area contributed by atoms with Crippen LogP contribution < -0.4 is 5.32 Å². The van der Waals surface area contributed by atoms with E-state index < -0.39 is 17.6 Å². The van der Waals surface area contributed by atoms with E-state index in [2.05, 4.69) is 15.5 Å². The second kappa shape index (κ2) is 6.35. The number of hydrogen-bond donors (Lipinski definition) is 1. The third kappa shape index (κ3) is 3.97. The zero-order valence-electron chi connectivity index (χ0n) is 11.5. The van der Waals surface area contributed by atoms with Crippen LogP contribution in [0.25, 0.3) is 0 Å². The summed E-state index contributed by atoms with van der Waals surface area (Å²) >= 11 is 5.64. The van der Waals surface area contributed by atoms with E-state index in [1.807, 2.05) is 0 Å². The first-order valence-corrected chi connectivity index (χ1v) is 6.65. The van der Waals surface area contributed by atoms with Crippen molar-refractivity contribution in [3.05, 3.63) is 46.5 Å². The van der Waals surface area contributed by atoms with Gasteiger partial charge in [-0.05, 0) is 25.1 Å². The zero-order chi connectivity index (χ0) is 16.3. The Labute approximate surface area is 129 Å². The predicted octanol–water partition coefficient (Wildman–Crippen LogP) is 2.69. The maximum atomic E-state index is 12.7. The lowest BCUT2D eigenvalue weighted by atomic mass is 10.1. The molecule has 0 spiro atoms. The number of hydrogen-bond acceptors (Lipinski definition) is 3. The maximum Gasteiger partial charge on any atom is 0.416 e. The lowest BCUT2D eigenvalue weighted by molar-refractivity contribution is -0.137. The smallest absolute Gasteiger partial charge is 0.350 e. The minimum atomic E-state index is -4.56. The van der Waals surface area contributed by atoms with Gasteiger partial charge in [-0.3, -0.25) is 4.79 Å². The number of alkyl halides is 3. The largest absolute Gasteiger partial charge is 0.416 e. The number of rotatable bonds is 4. The fourth-order valence-electron chi connectivity index (χ4n) is 1.81. The number of benzene rings is 1. The molecule has 0 atom stereocenters. The summed E-state index contributed by atoms with van der Waals surface area (Å²) in [6, 6.07) is 2.74. The van der Waals surface area contributed by atoms with E-state index in [-0.39, 0.29) is 17.1 Å². The summed E-state index contributed by atoms with van der Waals surface area (Å²) in [6.45, 7) is 2.39. The van der Waals surface area contributed by atoms with Crippen LogP contribution >= 0.6 is 11.6 Å². The third-order valence-electron chi connectivity index (χ3n) is 2.93. The summed E-state index contributed by atoms with van der Waals surface area (Å²) < 4.78 is 39.8. The van der Waals surface area contributed by atoms with Gasteiger partial charge in [-0.25, -0.2) is 0 Å².